The van der Waals surface area contributed by atoms with Crippen molar-refractivity contribution in [2.75, 3.05) is 33.9 Å². The molecule has 0 atom stereocenters. The van der Waals surface area contributed by atoms with Gasteiger partial charge < -0.3 is 26.0 Å². The Labute approximate surface area is 216 Å². The monoisotopic (exact) mass is 496 g/mol. The van der Waals surface area contributed by atoms with E-state index >= 15 is 0 Å². The van der Waals surface area contributed by atoms with Crippen LogP contribution in [0.1, 0.15) is 28.9 Å². The summed E-state index contributed by atoms with van der Waals surface area (Å²) >= 11 is 0. The minimum absolute atomic E-state index is 0.163. The van der Waals surface area contributed by atoms with Gasteiger partial charge in [-0.05, 0) is 92.6 Å². The Morgan fingerprint density at radius 2 is 1.27 bits per heavy atom. The summed E-state index contributed by atoms with van der Waals surface area (Å²) in [7, 11) is 1.80. The molecule has 8 nitrogen and oxygen atoms in total. The van der Waals surface area contributed by atoms with Crippen molar-refractivity contribution < 1.29 is 9.90 Å². The molecule has 2 heterocycles. The second-order valence-electron chi connectivity index (χ2n) is 9.43. The molecule has 4 N–H and O–H groups in total. The standard InChI is InChI=1S/C29H32N6O2/c1-20-28(19-34(2)33-20)29(37)32-25-9-7-23(8-10-25)30-21-3-5-22(6-4-21)31-24-11-13-26(14-12-24)35-17-15-27(36)16-18-35/h3-14,19,27,30-31,36H,15-18H2,1-2H3,(H,32,37). The molecule has 1 aromatic heterocycles. The first-order valence-electron chi connectivity index (χ1n) is 12.5. The second-order valence-corrected chi connectivity index (χ2v) is 9.43. The van der Waals surface area contributed by atoms with Crippen molar-refractivity contribution in [1.29, 1.82) is 0 Å². The summed E-state index contributed by atoms with van der Waals surface area (Å²) in [5, 5.41) is 23.7. The number of carbonyl (C=O) groups excluding carboxylic acids is 1. The molecular formula is C29H32N6O2. The first kappa shape index (κ1) is 24.4. The fourth-order valence-corrected chi connectivity index (χ4v) is 4.51. The van der Waals surface area contributed by atoms with E-state index in [1.165, 1.54) is 5.69 Å². The molecule has 1 fully saturated rings. The van der Waals surface area contributed by atoms with Crippen LogP contribution in [0.25, 0.3) is 0 Å². The number of rotatable bonds is 7. The van der Waals surface area contributed by atoms with Crippen LogP contribution in [0.15, 0.2) is 79.0 Å². The fourth-order valence-electron chi connectivity index (χ4n) is 4.51. The number of benzene rings is 3. The normalized spacial score (nSPS) is 13.9. The maximum Gasteiger partial charge on any atom is 0.259 e. The van der Waals surface area contributed by atoms with Gasteiger partial charge >= 0.3 is 0 Å². The number of aryl methyl sites for hydroxylation is 2. The fraction of sp³-hybridized carbons (Fsp3) is 0.241. The maximum absolute atomic E-state index is 12.5. The topological polar surface area (TPSA) is 94.5 Å². The third-order valence-electron chi connectivity index (χ3n) is 6.56. The quantitative estimate of drug-likeness (QED) is 0.273. The summed E-state index contributed by atoms with van der Waals surface area (Å²) in [5.74, 6) is -0.171. The van der Waals surface area contributed by atoms with E-state index in [1.54, 1.807) is 17.9 Å². The van der Waals surface area contributed by atoms with Gasteiger partial charge in [-0.2, -0.15) is 5.10 Å². The molecule has 0 unspecified atom stereocenters. The zero-order valence-electron chi connectivity index (χ0n) is 21.1. The smallest absolute Gasteiger partial charge is 0.259 e. The van der Waals surface area contributed by atoms with Crippen molar-refractivity contribution in [3.63, 3.8) is 0 Å². The van der Waals surface area contributed by atoms with Crippen LogP contribution in [-0.2, 0) is 7.05 Å². The first-order valence-corrected chi connectivity index (χ1v) is 12.5. The van der Waals surface area contributed by atoms with Gasteiger partial charge in [0.25, 0.3) is 5.91 Å². The lowest BCUT2D eigenvalue weighted by Crippen LogP contribution is -2.35. The summed E-state index contributed by atoms with van der Waals surface area (Å²) in [6, 6.07) is 24.2. The molecule has 0 aliphatic carbocycles. The van der Waals surface area contributed by atoms with Crippen molar-refractivity contribution in [3.05, 3.63) is 90.3 Å². The number of hydrogen-bond acceptors (Lipinski definition) is 6. The molecule has 1 aliphatic rings. The van der Waals surface area contributed by atoms with Crippen LogP contribution in [0.4, 0.5) is 34.1 Å². The average molecular weight is 497 g/mol. The van der Waals surface area contributed by atoms with Crippen molar-refractivity contribution in [2.24, 2.45) is 7.05 Å². The zero-order chi connectivity index (χ0) is 25.8. The number of aromatic nitrogens is 2. The number of nitrogens with one attached hydrogen (secondary N) is 3. The molecule has 4 aromatic rings. The van der Waals surface area contributed by atoms with E-state index in [0.717, 1.165) is 54.4 Å². The van der Waals surface area contributed by atoms with E-state index < -0.39 is 0 Å². The van der Waals surface area contributed by atoms with E-state index in [0.29, 0.717) is 11.3 Å². The van der Waals surface area contributed by atoms with Crippen LogP contribution in [0, 0.1) is 6.92 Å². The Morgan fingerprint density at radius 1 is 0.811 bits per heavy atom. The number of hydrogen-bond donors (Lipinski definition) is 4. The summed E-state index contributed by atoms with van der Waals surface area (Å²) in [6.45, 7) is 3.61. The highest BCUT2D eigenvalue weighted by atomic mass is 16.3. The Balaban J connectivity index is 1.14. The van der Waals surface area contributed by atoms with Crippen LogP contribution >= 0.6 is 0 Å². The lowest BCUT2D eigenvalue weighted by atomic mass is 10.1. The lowest BCUT2D eigenvalue weighted by Gasteiger charge is -2.31. The van der Waals surface area contributed by atoms with Gasteiger partial charge in [0.05, 0.1) is 17.4 Å². The van der Waals surface area contributed by atoms with Crippen molar-refractivity contribution in [3.8, 4) is 0 Å². The number of amides is 1. The van der Waals surface area contributed by atoms with Gasteiger partial charge in [-0.25, -0.2) is 0 Å². The number of carbonyl (C=O) groups is 1. The van der Waals surface area contributed by atoms with Gasteiger partial charge in [-0.3, -0.25) is 9.48 Å². The van der Waals surface area contributed by atoms with Crippen molar-refractivity contribution in [2.45, 2.75) is 25.9 Å². The van der Waals surface area contributed by atoms with E-state index in [1.807, 2.05) is 55.5 Å². The first-order chi connectivity index (χ1) is 17.9. The lowest BCUT2D eigenvalue weighted by molar-refractivity contribution is 0.102. The molecule has 37 heavy (non-hydrogen) atoms. The summed E-state index contributed by atoms with van der Waals surface area (Å²) < 4.78 is 1.64. The maximum atomic E-state index is 12.5. The molecule has 0 radical (unpaired) electrons. The van der Waals surface area contributed by atoms with Crippen LogP contribution in [0.3, 0.4) is 0 Å². The number of piperidine rings is 1. The molecule has 190 valence electrons. The second kappa shape index (κ2) is 10.8. The van der Waals surface area contributed by atoms with Crippen LogP contribution in [0.5, 0.6) is 0 Å². The van der Waals surface area contributed by atoms with Gasteiger partial charge in [0.2, 0.25) is 0 Å². The van der Waals surface area contributed by atoms with Gasteiger partial charge in [-0.1, -0.05) is 0 Å². The Bertz CT molecular complexity index is 1340. The molecule has 1 amide bonds. The predicted molar refractivity (Wildman–Crippen MR) is 149 cm³/mol. The minimum atomic E-state index is -0.171. The van der Waals surface area contributed by atoms with Crippen LogP contribution in [-0.4, -0.2) is 40.0 Å². The molecule has 0 bridgehead atoms. The highest BCUT2D eigenvalue weighted by molar-refractivity contribution is 6.04. The molecule has 0 saturated carbocycles. The van der Waals surface area contributed by atoms with Crippen LogP contribution < -0.4 is 20.9 Å². The minimum Gasteiger partial charge on any atom is -0.393 e. The molecule has 3 aromatic carbocycles. The molecule has 1 aliphatic heterocycles. The summed E-state index contributed by atoms with van der Waals surface area (Å²) in [6.07, 6.45) is 3.21. The Kier molecular flexibility index (Phi) is 7.09. The molecule has 0 spiro atoms. The number of anilines is 6. The van der Waals surface area contributed by atoms with E-state index in [4.69, 9.17) is 0 Å². The Hall–Kier alpha value is -4.30. The summed E-state index contributed by atoms with van der Waals surface area (Å²) in [4.78, 5) is 14.8. The number of aliphatic hydroxyl groups excluding tert-OH is 1. The third kappa shape index (κ3) is 6.10. The SMILES string of the molecule is Cc1nn(C)cc1C(=O)Nc1ccc(Nc2ccc(Nc3ccc(N4CCC(O)CC4)cc3)cc2)cc1. The van der Waals surface area contributed by atoms with Gasteiger partial charge in [0.15, 0.2) is 0 Å². The molecule has 1 saturated heterocycles. The molecular weight excluding hydrogens is 464 g/mol. The zero-order valence-corrected chi connectivity index (χ0v) is 21.1. The highest BCUT2D eigenvalue weighted by Gasteiger charge is 2.17. The number of aliphatic hydroxyl groups is 1. The van der Waals surface area contributed by atoms with E-state index in [9.17, 15) is 9.90 Å². The van der Waals surface area contributed by atoms with Crippen LogP contribution in [0.2, 0.25) is 0 Å². The number of nitrogens with zero attached hydrogens (tertiary/aromatic N) is 3. The Morgan fingerprint density at radius 3 is 1.73 bits per heavy atom. The van der Waals surface area contributed by atoms with Crippen molar-refractivity contribution >= 4 is 40.0 Å². The largest absolute Gasteiger partial charge is 0.393 e. The van der Waals surface area contributed by atoms with Gasteiger partial charge in [0.1, 0.15) is 0 Å². The van der Waals surface area contributed by atoms with Gasteiger partial charge in [0, 0.05) is 60.5 Å². The highest BCUT2D eigenvalue weighted by Crippen LogP contribution is 2.26. The van der Waals surface area contributed by atoms with Crippen molar-refractivity contribution in [1.82, 2.24) is 9.78 Å². The predicted octanol–water partition coefficient (Wildman–Crippen LogP) is 5.43. The average Bonchev–Trinajstić information content (AvgIpc) is 3.25. The van der Waals surface area contributed by atoms with Gasteiger partial charge in [-0.15, -0.1) is 0 Å². The summed E-state index contributed by atoms with van der Waals surface area (Å²) in [5.41, 5.74) is 7.11. The third-order valence-corrected chi connectivity index (χ3v) is 6.56. The van der Waals surface area contributed by atoms with E-state index in [-0.39, 0.29) is 12.0 Å². The molecule has 8 heteroatoms. The molecule has 5 rings (SSSR count). The van der Waals surface area contributed by atoms with E-state index in [2.05, 4.69) is 50.2 Å².